The molecule has 0 aliphatic rings. The lowest BCUT2D eigenvalue weighted by Gasteiger charge is -2.13. The van der Waals surface area contributed by atoms with Crippen molar-refractivity contribution < 1.29 is 9.53 Å². The fourth-order valence-corrected chi connectivity index (χ4v) is 2.60. The molecule has 134 valence electrons. The second-order valence-electron chi connectivity index (χ2n) is 5.94. The summed E-state index contributed by atoms with van der Waals surface area (Å²) in [4.78, 5) is 16.6. The van der Waals surface area contributed by atoms with Crippen LogP contribution in [-0.2, 0) is 6.54 Å². The number of nitrogens with one attached hydrogen (secondary N) is 1. The number of benzene rings is 1. The van der Waals surface area contributed by atoms with E-state index < -0.39 is 0 Å². The van der Waals surface area contributed by atoms with E-state index in [0.29, 0.717) is 28.7 Å². The summed E-state index contributed by atoms with van der Waals surface area (Å²) in [6.45, 7) is 4.17. The van der Waals surface area contributed by atoms with E-state index in [1.165, 1.54) is 6.20 Å². The lowest BCUT2D eigenvalue weighted by molar-refractivity contribution is 0.0950. The molecule has 2 aromatic heterocycles. The molecule has 7 heteroatoms. The number of nitrogens with zero attached hydrogens (tertiary/aromatic N) is 3. The normalized spacial score (nSPS) is 10.8. The molecule has 0 saturated heterocycles. The number of carbonyl (C=O) groups excluding carboxylic acids is 1. The second-order valence-corrected chi connectivity index (χ2v) is 6.35. The van der Waals surface area contributed by atoms with Crippen molar-refractivity contribution in [1.82, 2.24) is 20.1 Å². The van der Waals surface area contributed by atoms with Crippen molar-refractivity contribution in [1.29, 1.82) is 0 Å². The van der Waals surface area contributed by atoms with Crippen molar-refractivity contribution in [2.45, 2.75) is 26.5 Å². The highest BCUT2D eigenvalue weighted by Gasteiger charge is 2.12. The molecule has 0 aliphatic carbocycles. The summed E-state index contributed by atoms with van der Waals surface area (Å²) in [6.07, 6.45) is 4.82. The number of aromatic nitrogens is 3. The van der Waals surface area contributed by atoms with Gasteiger partial charge in [-0.05, 0) is 32.0 Å². The molecular weight excluding hydrogens is 352 g/mol. The highest BCUT2D eigenvalue weighted by atomic mass is 35.5. The number of carbonyl (C=O) groups is 1. The third kappa shape index (κ3) is 4.21. The van der Waals surface area contributed by atoms with Crippen molar-refractivity contribution in [3.63, 3.8) is 0 Å². The smallest absolute Gasteiger partial charge is 0.254 e. The Morgan fingerprint density at radius 2 is 2.08 bits per heavy atom. The molecule has 0 bridgehead atoms. The molecule has 0 radical (unpaired) electrons. The summed E-state index contributed by atoms with van der Waals surface area (Å²) >= 11 is 6.17. The number of hydrogen-bond donors (Lipinski definition) is 1. The van der Waals surface area contributed by atoms with Crippen LogP contribution in [0.25, 0.3) is 5.69 Å². The van der Waals surface area contributed by atoms with E-state index in [1.807, 2.05) is 44.2 Å². The van der Waals surface area contributed by atoms with Gasteiger partial charge in [-0.25, -0.2) is 9.67 Å². The van der Waals surface area contributed by atoms with Crippen LogP contribution in [-0.4, -0.2) is 26.8 Å². The molecule has 1 N–H and O–H groups in total. The zero-order valence-electron chi connectivity index (χ0n) is 14.5. The van der Waals surface area contributed by atoms with Gasteiger partial charge in [0.15, 0.2) is 0 Å². The molecule has 0 unspecified atom stereocenters. The maximum absolute atomic E-state index is 12.4. The Balaban J connectivity index is 1.69. The van der Waals surface area contributed by atoms with Gasteiger partial charge in [0.2, 0.25) is 5.88 Å². The molecule has 3 rings (SSSR count). The molecule has 6 nitrogen and oxygen atoms in total. The van der Waals surface area contributed by atoms with E-state index >= 15 is 0 Å². The Labute approximate surface area is 156 Å². The minimum atomic E-state index is -0.234. The molecular formula is C19H19ClN4O2. The standard InChI is InChI=1S/C19H19ClN4O2/c1-13(2)26-19-14(6-5-9-21-19)10-22-18(25)15-11-23-24(12-15)17-8-4-3-7-16(17)20/h3-9,11-13H,10H2,1-2H3,(H,22,25). The molecule has 26 heavy (non-hydrogen) atoms. The third-order valence-electron chi connectivity index (χ3n) is 3.58. The van der Waals surface area contributed by atoms with Gasteiger partial charge in [0, 0.05) is 24.5 Å². The maximum Gasteiger partial charge on any atom is 0.254 e. The molecule has 0 spiro atoms. The fourth-order valence-electron chi connectivity index (χ4n) is 2.37. The van der Waals surface area contributed by atoms with E-state index in [1.54, 1.807) is 23.1 Å². The maximum atomic E-state index is 12.4. The molecule has 0 fully saturated rings. The Morgan fingerprint density at radius 1 is 1.27 bits per heavy atom. The van der Waals surface area contributed by atoms with E-state index in [4.69, 9.17) is 16.3 Å². The Bertz CT molecular complexity index is 908. The minimum Gasteiger partial charge on any atom is -0.475 e. The SMILES string of the molecule is CC(C)Oc1ncccc1CNC(=O)c1cnn(-c2ccccc2Cl)c1. The number of halogens is 1. The lowest BCUT2D eigenvalue weighted by Crippen LogP contribution is -2.23. The van der Waals surface area contributed by atoms with Crippen LogP contribution < -0.4 is 10.1 Å². The van der Waals surface area contributed by atoms with Crippen molar-refractivity contribution in [2.24, 2.45) is 0 Å². The van der Waals surface area contributed by atoms with Gasteiger partial charge in [-0.3, -0.25) is 4.79 Å². The Morgan fingerprint density at radius 3 is 2.85 bits per heavy atom. The van der Waals surface area contributed by atoms with Gasteiger partial charge in [-0.2, -0.15) is 5.10 Å². The summed E-state index contributed by atoms with van der Waals surface area (Å²) < 4.78 is 7.24. The van der Waals surface area contributed by atoms with Gasteiger partial charge >= 0.3 is 0 Å². The van der Waals surface area contributed by atoms with E-state index in [0.717, 1.165) is 5.56 Å². The number of ether oxygens (including phenoxy) is 1. The van der Waals surface area contributed by atoms with Gasteiger partial charge in [0.25, 0.3) is 5.91 Å². The van der Waals surface area contributed by atoms with Crippen molar-refractivity contribution >= 4 is 17.5 Å². The van der Waals surface area contributed by atoms with Crippen LogP contribution in [0.15, 0.2) is 55.0 Å². The average molecular weight is 371 g/mol. The Hall–Kier alpha value is -2.86. The van der Waals surface area contributed by atoms with Gasteiger partial charge in [0.1, 0.15) is 0 Å². The van der Waals surface area contributed by atoms with Crippen LogP contribution in [0.1, 0.15) is 29.8 Å². The van der Waals surface area contributed by atoms with Crippen LogP contribution in [0, 0.1) is 0 Å². The fraction of sp³-hybridized carbons (Fsp3) is 0.211. The Kier molecular flexibility index (Phi) is 5.53. The van der Waals surface area contributed by atoms with Crippen molar-refractivity contribution in [2.75, 3.05) is 0 Å². The molecule has 3 aromatic rings. The van der Waals surface area contributed by atoms with Gasteiger partial charge in [-0.1, -0.05) is 29.8 Å². The monoisotopic (exact) mass is 370 g/mol. The van der Waals surface area contributed by atoms with Crippen LogP contribution in [0.3, 0.4) is 0 Å². The summed E-state index contributed by atoms with van der Waals surface area (Å²) in [5.41, 5.74) is 1.97. The van der Waals surface area contributed by atoms with Gasteiger partial charge in [0.05, 0.1) is 28.6 Å². The van der Waals surface area contributed by atoms with Crippen LogP contribution in [0.4, 0.5) is 0 Å². The second kappa shape index (κ2) is 8.01. The molecule has 1 amide bonds. The van der Waals surface area contributed by atoms with Crippen molar-refractivity contribution in [3.05, 3.63) is 71.1 Å². The summed E-state index contributed by atoms with van der Waals surface area (Å²) in [7, 11) is 0. The van der Waals surface area contributed by atoms with E-state index in [-0.39, 0.29) is 12.0 Å². The first-order valence-corrected chi connectivity index (χ1v) is 8.60. The van der Waals surface area contributed by atoms with Crippen LogP contribution >= 0.6 is 11.6 Å². The number of pyridine rings is 1. The lowest BCUT2D eigenvalue weighted by atomic mass is 10.2. The molecule has 1 aromatic carbocycles. The molecule has 0 aliphatic heterocycles. The quantitative estimate of drug-likeness (QED) is 0.719. The largest absolute Gasteiger partial charge is 0.475 e. The van der Waals surface area contributed by atoms with E-state index in [9.17, 15) is 4.79 Å². The predicted molar refractivity (Wildman–Crippen MR) is 99.7 cm³/mol. The summed E-state index contributed by atoms with van der Waals surface area (Å²) in [5, 5.41) is 7.64. The van der Waals surface area contributed by atoms with Gasteiger partial charge in [-0.15, -0.1) is 0 Å². The number of rotatable bonds is 6. The summed E-state index contributed by atoms with van der Waals surface area (Å²) in [6, 6.07) is 11.0. The first kappa shape index (κ1) is 17.9. The highest BCUT2D eigenvalue weighted by Crippen LogP contribution is 2.19. The zero-order chi connectivity index (χ0) is 18.5. The number of amides is 1. The highest BCUT2D eigenvalue weighted by molar-refractivity contribution is 6.32. The van der Waals surface area contributed by atoms with Crippen LogP contribution in [0.2, 0.25) is 5.02 Å². The number of hydrogen-bond acceptors (Lipinski definition) is 4. The number of para-hydroxylation sites is 1. The first-order valence-electron chi connectivity index (χ1n) is 8.23. The van der Waals surface area contributed by atoms with E-state index in [2.05, 4.69) is 15.4 Å². The minimum absolute atomic E-state index is 0.00760. The molecule has 0 saturated carbocycles. The van der Waals surface area contributed by atoms with Crippen LogP contribution in [0.5, 0.6) is 5.88 Å². The summed E-state index contributed by atoms with van der Waals surface area (Å²) in [5.74, 6) is 0.289. The topological polar surface area (TPSA) is 69.0 Å². The average Bonchev–Trinajstić information content (AvgIpc) is 3.10. The molecule has 2 heterocycles. The van der Waals surface area contributed by atoms with Crippen molar-refractivity contribution in [3.8, 4) is 11.6 Å². The molecule has 0 atom stereocenters. The first-order chi connectivity index (χ1) is 12.5. The zero-order valence-corrected chi connectivity index (χ0v) is 15.3. The van der Waals surface area contributed by atoms with Gasteiger partial charge < -0.3 is 10.1 Å². The third-order valence-corrected chi connectivity index (χ3v) is 3.90. The predicted octanol–water partition coefficient (Wildman–Crippen LogP) is 3.64.